The largest absolute Gasteiger partial charge is 0.494 e. The molecule has 1 aromatic carbocycles. The summed E-state index contributed by atoms with van der Waals surface area (Å²) in [6, 6.07) is 13.5. The number of aryl methyl sites for hydroxylation is 3. The Hall–Kier alpha value is -3.38. The highest BCUT2D eigenvalue weighted by Crippen LogP contribution is 2.39. The van der Waals surface area contributed by atoms with Gasteiger partial charge >= 0.3 is 0 Å². The highest BCUT2D eigenvalue weighted by atomic mass is 32.1. The van der Waals surface area contributed by atoms with Gasteiger partial charge in [0.15, 0.2) is 0 Å². The molecule has 6 heteroatoms. The van der Waals surface area contributed by atoms with E-state index in [2.05, 4.69) is 49.0 Å². The summed E-state index contributed by atoms with van der Waals surface area (Å²) in [6.07, 6.45) is 8.65. The van der Waals surface area contributed by atoms with Gasteiger partial charge in [-0.1, -0.05) is 18.4 Å². The van der Waals surface area contributed by atoms with Crippen LogP contribution in [0.3, 0.4) is 0 Å². The van der Waals surface area contributed by atoms with Crippen molar-refractivity contribution in [3.63, 3.8) is 0 Å². The first-order chi connectivity index (χ1) is 17.8. The molecular formula is C31H36N2O3S. The zero-order valence-electron chi connectivity index (χ0n) is 22.5. The molecule has 3 aromatic rings. The van der Waals surface area contributed by atoms with Crippen molar-refractivity contribution in [1.82, 2.24) is 4.57 Å². The second-order valence-electron chi connectivity index (χ2n) is 9.83. The van der Waals surface area contributed by atoms with Gasteiger partial charge in [0.05, 0.1) is 23.4 Å². The predicted molar refractivity (Wildman–Crippen MR) is 152 cm³/mol. The minimum Gasteiger partial charge on any atom is -0.494 e. The van der Waals surface area contributed by atoms with Crippen molar-refractivity contribution in [3.8, 4) is 5.75 Å². The van der Waals surface area contributed by atoms with Gasteiger partial charge in [-0.25, -0.2) is 4.90 Å². The molecule has 0 N–H and O–H groups in total. The standard InChI is InChI=1S/C31H36N2O3S/c1-21(2)28-29(23(4)27-20-22(3)37-24(27)5)31(35)33(30(28)34)25-12-14-26(15-13-25)36-19-11-7-6-8-16-32-17-9-10-18-32/h9-10,12-15,17-18,20H,6-8,11,16,19H2,1-5H3/b29-23-. The third-order valence-electron chi connectivity index (χ3n) is 6.74. The number of ether oxygens (including phenoxy) is 1. The number of thiophene rings is 1. The van der Waals surface area contributed by atoms with E-state index in [0.29, 0.717) is 23.4 Å². The monoisotopic (exact) mass is 516 g/mol. The van der Waals surface area contributed by atoms with Crippen LogP contribution in [0.25, 0.3) is 5.57 Å². The lowest BCUT2D eigenvalue weighted by Crippen LogP contribution is -2.29. The Balaban J connectivity index is 1.40. The number of hydrogen-bond donors (Lipinski definition) is 0. The van der Waals surface area contributed by atoms with Crippen molar-refractivity contribution in [1.29, 1.82) is 0 Å². The number of carbonyl (C=O) groups excluding carboxylic acids is 2. The Kier molecular flexibility index (Phi) is 8.49. The second-order valence-corrected chi connectivity index (χ2v) is 11.3. The zero-order chi connectivity index (χ0) is 26.5. The third-order valence-corrected chi connectivity index (χ3v) is 7.71. The van der Waals surface area contributed by atoms with Gasteiger partial charge in [0.25, 0.3) is 11.8 Å². The summed E-state index contributed by atoms with van der Waals surface area (Å²) in [5.74, 6) is 0.210. The van der Waals surface area contributed by atoms with Crippen molar-refractivity contribution < 1.29 is 14.3 Å². The van der Waals surface area contributed by atoms with Crippen molar-refractivity contribution in [2.45, 2.75) is 66.8 Å². The zero-order valence-corrected chi connectivity index (χ0v) is 23.3. The van der Waals surface area contributed by atoms with Gasteiger partial charge in [-0.3, -0.25) is 9.59 Å². The smallest absolute Gasteiger partial charge is 0.266 e. The number of aromatic nitrogens is 1. The van der Waals surface area contributed by atoms with E-state index >= 15 is 0 Å². The van der Waals surface area contributed by atoms with E-state index in [1.807, 2.05) is 32.9 Å². The Morgan fingerprint density at radius 3 is 2.14 bits per heavy atom. The highest BCUT2D eigenvalue weighted by molar-refractivity contribution is 7.12. The van der Waals surface area contributed by atoms with Crippen LogP contribution in [0.4, 0.5) is 5.69 Å². The van der Waals surface area contributed by atoms with E-state index in [9.17, 15) is 9.59 Å². The molecule has 1 aliphatic rings. The number of imide groups is 1. The molecule has 0 saturated carbocycles. The number of benzene rings is 1. The molecule has 3 heterocycles. The summed E-state index contributed by atoms with van der Waals surface area (Å²) in [4.78, 5) is 30.7. The number of anilines is 1. The number of carbonyl (C=O) groups is 2. The van der Waals surface area contributed by atoms with Crippen LogP contribution in [0, 0.1) is 13.8 Å². The topological polar surface area (TPSA) is 51.5 Å². The highest BCUT2D eigenvalue weighted by Gasteiger charge is 2.41. The lowest BCUT2D eigenvalue weighted by Gasteiger charge is -2.14. The number of allylic oxidation sites excluding steroid dienone is 2. The van der Waals surface area contributed by atoms with Crippen LogP contribution < -0.4 is 9.64 Å². The molecule has 0 bridgehead atoms. The SMILES string of the molecule is CC(C)=C1C(=O)N(c2ccc(OCCCCCCn3cccc3)cc2)C(=O)/C1=C(/C)c1cc(C)sc1C. The number of hydrogen-bond acceptors (Lipinski definition) is 4. The van der Waals surface area contributed by atoms with Gasteiger partial charge in [-0.05, 0) is 101 Å². The molecule has 1 fully saturated rings. The molecule has 194 valence electrons. The normalized spacial score (nSPS) is 15.1. The van der Waals surface area contributed by atoms with Gasteiger partial charge in [0, 0.05) is 28.7 Å². The summed E-state index contributed by atoms with van der Waals surface area (Å²) >= 11 is 1.70. The van der Waals surface area contributed by atoms with Crippen molar-refractivity contribution in [3.05, 3.63) is 86.9 Å². The predicted octanol–water partition coefficient (Wildman–Crippen LogP) is 7.49. The first kappa shape index (κ1) is 26.7. The van der Waals surface area contributed by atoms with Gasteiger partial charge in [0.2, 0.25) is 0 Å². The summed E-state index contributed by atoms with van der Waals surface area (Å²) in [7, 11) is 0. The fourth-order valence-electron chi connectivity index (χ4n) is 4.86. The number of rotatable bonds is 10. The van der Waals surface area contributed by atoms with Crippen molar-refractivity contribution >= 4 is 34.4 Å². The molecule has 1 aliphatic heterocycles. The molecule has 4 rings (SSSR count). The number of nitrogens with zero attached hydrogens (tertiary/aromatic N) is 2. The van der Waals surface area contributed by atoms with Gasteiger partial charge < -0.3 is 9.30 Å². The lowest BCUT2D eigenvalue weighted by molar-refractivity contribution is -0.119. The fraction of sp³-hybridized carbons (Fsp3) is 0.355. The summed E-state index contributed by atoms with van der Waals surface area (Å²) in [6.45, 7) is 11.5. The molecule has 2 amide bonds. The number of unbranched alkanes of at least 4 members (excludes halogenated alkanes) is 3. The minimum absolute atomic E-state index is 0.266. The quantitative estimate of drug-likeness (QED) is 0.159. The molecule has 1 saturated heterocycles. The maximum Gasteiger partial charge on any atom is 0.266 e. The average Bonchev–Trinajstić information content (AvgIpc) is 3.56. The minimum atomic E-state index is -0.268. The van der Waals surface area contributed by atoms with E-state index in [-0.39, 0.29) is 11.8 Å². The molecule has 2 aromatic heterocycles. The van der Waals surface area contributed by atoms with Crippen molar-refractivity contribution in [2.75, 3.05) is 11.5 Å². The molecule has 0 unspecified atom stereocenters. The number of amides is 2. The van der Waals surface area contributed by atoms with E-state index < -0.39 is 0 Å². The van der Waals surface area contributed by atoms with Crippen LogP contribution in [0.15, 0.2) is 71.6 Å². The molecule has 37 heavy (non-hydrogen) atoms. The van der Waals surface area contributed by atoms with Crippen LogP contribution in [0.5, 0.6) is 5.75 Å². The molecule has 0 atom stereocenters. The molecule has 0 spiro atoms. The van der Waals surface area contributed by atoms with E-state index in [0.717, 1.165) is 53.1 Å². The Labute approximate surface area is 224 Å². The Morgan fingerprint density at radius 2 is 1.51 bits per heavy atom. The molecule has 0 aliphatic carbocycles. The summed E-state index contributed by atoms with van der Waals surface area (Å²) in [5.41, 5.74) is 4.30. The van der Waals surface area contributed by atoms with Crippen molar-refractivity contribution in [2.24, 2.45) is 0 Å². The average molecular weight is 517 g/mol. The lowest BCUT2D eigenvalue weighted by atomic mass is 9.95. The molecular weight excluding hydrogens is 480 g/mol. The van der Waals surface area contributed by atoms with Crippen LogP contribution >= 0.6 is 11.3 Å². The van der Waals surface area contributed by atoms with E-state index in [1.54, 1.807) is 23.5 Å². The summed E-state index contributed by atoms with van der Waals surface area (Å²) in [5, 5.41) is 0. The van der Waals surface area contributed by atoms with Gasteiger partial charge in [-0.15, -0.1) is 11.3 Å². The molecule has 0 radical (unpaired) electrons. The van der Waals surface area contributed by atoms with Gasteiger partial charge in [-0.2, -0.15) is 0 Å². The Morgan fingerprint density at radius 1 is 0.865 bits per heavy atom. The van der Waals surface area contributed by atoms with Gasteiger partial charge in [0.1, 0.15) is 5.75 Å². The maximum absolute atomic E-state index is 13.6. The van der Waals surface area contributed by atoms with E-state index in [4.69, 9.17) is 4.74 Å². The second kappa shape index (κ2) is 11.8. The Bertz CT molecular complexity index is 1320. The van der Waals surface area contributed by atoms with Crippen LogP contribution in [0.2, 0.25) is 0 Å². The first-order valence-corrected chi connectivity index (χ1v) is 13.8. The van der Waals surface area contributed by atoms with Crippen LogP contribution in [-0.2, 0) is 16.1 Å². The third kappa shape index (κ3) is 5.96. The summed E-state index contributed by atoms with van der Waals surface area (Å²) < 4.78 is 8.12. The first-order valence-electron chi connectivity index (χ1n) is 13.0. The van der Waals surface area contributed by atoms with Crippen LogP contribution in [0.1, 0.15) is 61.8 Å². The van der Waals surface area contributed by atoms with E-state index in [1.165, 1.54) is 16.2 Å². The maximum atomic E-state index is 13.6. The van der Waals surface area contributed by atoms with Crippen LogP contribution in [-0.4, -0.2) is 23.0 Å². The fourth-order valence-corrected chi connectivity index (χ4v) is 5.85. The molecule has 5 nitrogen and oxygen atoms in total.